The topological polar surface area (TPSA) is 35.6 Å². The van der Waals surface area contributed by atoms with E-state index in [2.05, 4.69) is 83.3 Å². The molecule has 0 unspecified atom stereocenters. The van der Waals surface area contributed by atoms with Gasteiger partial charge in [0, 0.05) is 30.0 Å². The summed E-state index contributed by atoms with van der Waals surface area (Å²) in [6, 6.07) is 8.50. The summed E-state index contributed by atoms with van der Waals surface area (Å²) < 4.78 is 1.11. The number of amides is 1. The molecular formula is C20H32BrN3O. The Morgan fingerprint density at radius 3 is 2.40 bits per heavy atom. The third-order valence-electron chi connectivity index (χ3n) is 4.76. The molecular weight excluding hydrogens is 378 g/mol. The van der Waals surface area contributed by atoms with Gasteiger partial charge in [-0.15, -0.1) is 0 Å². The van der Waals surface area contributed by atoms with Crippen molar-refractivity contribution in [1.29, 1.82) is 0 Å². The van der Waals surface area contributed by atoms with Gasteiger partial charge in [-0.2, -0.15) is 0 Å². The first-order valence-electron chi connectivity index (χ1n) is 9.14. The Labute approximate surface area is 161 Å². The molecule has 0 bridgehead atoms. The van der Waals surface area contributed by atoms with Crippen LogP contribution in [0, 0.1) is 11.3 Å². The minimum Gasteiger partial charge on any atom is -0.355 e. The molecule has 140 valence electrons. The summed E-state index contributed by atoms with van der Waals surface area (Å²) in [7, 11) is 4.15. The van der Waals surface area contributed by atoms with Crippen molar-refractivity contribution in [1.82, 2.24) is 15.1 Å². The van der Waals surface area contributed by atoms with Gasteiger partial charge < -0.3 is 10.2 Å². The van der Waals surface area contributed by atoms with Crippen molar-refractivity contribution in [3.63, 3.8) is 0 Å². The predicted octanol–water partition coefficient (Wildman–Crippen LogP) is 3.37. The van der Waals surface area contributed by atoms with Crippen LogP contribution in [0.2, 0.25) is 0 Å². The SMILES string of the molecule is CN(C)CC(C)(C)CNC(=O)C1CCN(Cc2ccc(Br)cc2)CC1. The number of carbonyl (C=O) groups excluding carboxylic acids is 1. The van der Waals surface area contributed by atoms with Crippen LogP contribution >= 0.6 is 15.9 Å². The van der Waals surface area contributed by atoms with Crippen LogP contribution in [0.5, 0.6) is 0 Å². The van der Waals surface area contributed by atoms with E-state index in [4.69, 9.17) is 0 Å². The van der Waals surface area contributed by atoms with Gasteiger partial charge in [-0.3, -0.25) is 9.69 Å². The monoisotopic (exact) mass is 409 g/mol. The van der Waals surface area contributed by atoms with Crippen LogP contribution in [0.25, 0.3) is 0 Å². The lowest BCUT2D eigenvalue weighted by Gasteiger charge is -2.33. The van der Waals surface area contributed by atoms with Crippen molar-refractivity contribution in [3.05, 3.63) is 34.3 Å². The number of likely N-dealkylation sites (tertiary alicyclic amines) is 1. The van der Waals surface area contributed by atoms with Crippen LogP contribution in [0.15, 0.2) is 28.7 Å². The molecule has 0 aliphatic carbocycles. The second-order valence-corrected chi connectivity index (χ2v) is 9.21. The maximum Gasteiger partial charge on any atom is 0.223 e. The highest BCUT2D eigenvalue weighted by Crippen LogP contribution is 2.21. The van der Waals surface area contributed by atoms with Crippen molar-refractivity contribution >= 4 is 21.8 Å². The fourth-order valence-electron chi connectivity index (χ4n) is 3.58. The lowest BCUT2D eigenvalue weighted by atomic mass is 9.91. The summed E-state index contributed by atoms with van der Waals surface area (Å²) in [6.45, 7) is 9.08. The highest BCUT2D eigenvalue weighted by Gasteiger charge is 2.27. The molecule has 1 fully saturated rings. The highest BCUT2D eigenvalue weighted by atomic mass is 79.9. The molecule has 0 atom stereocenters. The minimum atomic E-state index is 0.0987. The van der Waals surface area contributed by atoms with Gasteiger partial charge in [-0.1, -0.05) is 41.9 Å². The molecule has 1 amide bonds. The smallest absolute Gasteiger partial charge is 0.223 e. The summed E-state index contributed by atoms with van der Waals surface area (Å²) >= 11 is 3.48. The number of piperidine rings is 1. The Bertz CT molecular complexity index is 549. The summed E-state index contributed by atoms with van der Waals surface area (Å²) in [5.41, 5.74) is 1.43. The second kappa shape index (κ2) is 9.15. The molecule has 25 heavy (non-hydrogen) atoms. The van der Waals surface area contributed by atoms with Gasteiger partial charge in [0.05, 0.1) is 0 Å². The van der Waals surface area contributed by atoms with E-state index >= 15 is 0 Å². The average molecular weight is 410 g/mol. The first-order valence-corrected chi connectivity index (χ1v) is 9.94. The standard InChI is InChI=1S/C20H32BrN3O/c1-20(2,15-23(3)4)14-22-19(25)17-9-11-24(12-10-17)13-16-5-7-18(21)8-6-16/h5-8,17H,9-15H2,1-4H3,(H,22,25). The van der Waals surface area contributed by atoms with Crippen molar-refractivity contribution in [3.8, 4) is 0 Å². The maximum atomic E-state index is 12.5. The van der Waals surface area contributed by atoms with Crippen molar-refractivity contribution in [2.75, 3.05) is 40.3 Å². The minimum absolute atomic E-state index is 0.0987. The molecule has 0 saturated carbocycles. The zero-order valence-corrected chi connectivity index (χ0v) is 17.6. The molecule has 0 spiro atoms. The van der Waals surface area contributed by atoms with Crippen LogP contribution in [-0.2, 0) is 11.3 Å². The molecule has 1 N–H and O–H groups in total. The Morgan fingerprint density at radius 1 is 1.24 bits per heavy atom. The molecule has 1 heterocycles. The summed E-state index contributed by atoms with van der Waals surface area (Å²) in [6.07, 6.45) is 1.91. The van der Waals surface area contributed by atoms with Crippen LogP contribution in [0.1, 0.15) is 32.3 Å². The lowest BCUT2D eigenvalue weighted by Crippen LogP contribution is -2.44. The Hall–Kier alpha value is -0.910. The van der Waals surface area contributed by atoms with Crippen molar-refractivity contribution < 1.29 is 4.79 Å². The van der Waals surface area contributed by atoms with E-state index in [1.165, 1.54) is 5.56 Å². The lowest BCUT2D eigenvalue weighted by molar-refractivity contribution is -0.127. The van der Waals surface area contributed by atoms with Gasteiger partial charge in [0.15, 0.2) is 0 Å². The largest absolute Gasteiger partial charge is 0.355 e. The number of hydrogen-bond donors (Lipinski definition) is 1. The fraction of sp³-hybridized carbons (Fsp3) is 0.650. The predicted molar refractivity (Wildman–Crippen MR) is 107 cm³/mol. The van der Waals surface area contributed by atoms with Crippen LogP contribution in [0.4, 0.5) is 0 Å². The molecule has 2 rings (SSSR count). The van der Waals surface area contributed by atoms with Crippen molar-refractivity contribution in [2.24, 2.45) is 11.3 Å². The first kappa shape index (κ1) is 20.4. The average Bonchev–Trinajstić information content (AvgIpc) is 2.54. The highest BCUT2D eigenvalue weighted by molar-refractivity contribution is 9.10. The van der Waals surface area contributed by atoms with E-state index in [0.717, 1.165) is 50.0 Å². The molecule has 5 heteroatoms. The summed E-state index contributed by atoms with van der Waals surface area (Å²) in [5, 5.41) is 3.18. The molecule has 1 aliphatic heterocycles. The number of hydrogen-bond acceptors (Lipinski definition) is 3. The summed E-state index contributed by atoms with van der Waals surface area (Å²) in [5.74, 6) is 0.395. The van der Waals surface area contributed by atoms with Gasteiger partial charge in [0.2, 0.25) is 5.91 Å². The molecule has 0 radical (unpaired) electrons. The van der Waals surface area contributed by atoms with Crippen LogP contribution < -0.4 is 5.32 Å². The number of nitrogens with zero attached hydrogens (tertiary/aromatic N) is 2. The van der Waals surface area contributed by atoms with E-state index in [-0.39, 0.29) is 17.2 Å². The van der Waals surface area contributed by atoms with E-state index < -0.39 is 0 Å². The second-order valence-electron chi connectivity index (χ2n) is 8.30. The summed E-state index contributed by atoms with van der Waals surface area (Å²) in [4.78, 5) is 17.1. The molecule has 4 nitrogen and oxygen atoms in total. The number of rotatable bonds is 7. The van der Waals surface area contributed by atoms with Crippen LogP contribution in [-0.4, -0.2) is 56.0 Å². The number of nitrogens with one attached hydrogen (secondary N) is 1. The van der Waals surface area contributed by atoms with E-state index in [0.29, 0.717) is 0 Å². The maximum absolute atomic E-state index is 12.5. The Morgan fingerprint density at radius 2 is 1.84 bits per heavy atom. The number of carbonyl (C=O) groups is 1. The van der Waals surface area contributed by atoms with Gasteiger partial charge >= 0.3 is 0 Å². The first-order chi connectivity index (χ1) is 11.7. The van der Waals surface area contributed by atoms with Gasteiger partial charge in [-0.05, 0) is 63.1 Å². The molecule has 0 aromatic heterocycles. The molecule has 1 aromatic carbocycles. The number of benzene rings is 1. The zero-order valence-electron chi connectivity index (χ0n) is 16.0. The third kappa shape index (κ3) is 7.08. The Kier molecular flexibility index (Phi) is 7.47. The van der Waals surface area contributed by atoms with Gasteiger partial charge in [0.25, 0.3) is 0 Å². The van der Waals surface area contributed by atoms with E-state index in [9.17, 15) is 4.79 Å². The quantitative estimate of drug-likeness (QED) is 0.749. The van der Waals surface area contributed by atoms with E-state index in [1.807, 2.05) is 0 Å². The van der Waals surface area contributed by atoms with Gasteiger partial charge in [0.1, 0.15) is 0 Å². The molecule has 1 saturated heterocycles. The fourth-order valence-corrected chi connectivity index (χ4v) is 3.85. The van der Waals surface area contributed by atoms with Crippen LogP contribution in [0.3, 0.4) is 0 Å². The van der Waals surface area contributed by atoms with E-state index in [1.54, 1.807) is 0 Å². The normalized spacial score (nSPS) is 17.0. The molecule has 1 aliphatic rings. The number of halogens is 1. The molecule has 1 aromatic rings. The third-order valence-corrected chi connectivity index (χ3v) is 5.29. The van der Waals surface area contributed by atoms with Gasteiger partial charge in [-0.25, -0.2) is 0 Å². The zero-order chi connectivity index (χ0) is 18.4. The Balaban J connectivity index is 1.73. The van der Waals surface area contributed by atoms with Crippen molar-refractivity contribution in [2.45, 2.75) is 33.2 Å².